The van der Waals surface area contributed by atoms with E-state index in [2.05, 4.69) is 0 Å². The predicted octanol–water partition coefficient (Wildman–Crippen LogP) is 1.47. The van der Waals surface area contributed by atoms with Gasteiger partial charge >= 0.3 is 6.18 Å². The Hall–Kier alpha value is -1.48. The lowest BCUT2D eigenvalue weighted by molar-refractivity contribution is -0.134. The number of anilines is 1. The van der Waals surface area contributed by atoms with Gasteiger partial charge in [0.1, 0.15) is 18.9 Å². The molecule has 0 aliphatic rings. The maximum Gasteiger partial charge on any atom is 0.402 e. The zero-order chi connectivity index (χ0) is 15.4. The summed E-state index contributed by atoms with van der Waals surface area (Å²) >= 11 is 0. The molecule has 0 aliphatic heterocycles. The molecule has 1 aromatic rings. The smallest absolute Gasteiger partial charge is 0.402 e. The number of rotatable bonds is 6. The molecule has 114 valence electrons. The molecule has 2 N–H and O–H groups in total. The summed E-state index contributed by atoms with van der Waals surface area (Å²) in [6.45, 7) is -1.76. The van der Waals surface area contributed by atoms with E-state index in [1.165, 1.54) is 0 Å². The first-order valence-electron chi connectivity index (χ1n) is 5.59. The quantitative estimate of drug-likeness (QED) is 0.807. The average molecular weight is 312 g/mol. The summed E-state index contributed by atoms with van der Waals surface area (Å²) in [4.78, 5) is 0. The number of hydrogen-bond donors (Lipinski definition) is 1. The Morgan fingerprint density at radius 2 is 1.80 bits per heavy atom. The third-order valence-corrected chi connectivity index (χ3v) is 4.13. The molecule has 0 amide bonds. The normalized spacial score (nSPS) is 12.7. The third-order valence-electron chi connectivity index (χ3n) is 2.37. The lowest BCUT2D eigenvalue weighted by Crippen LogP contribution is -2.38. The largest absolute Gasteiger partial charge is 0.492 e. The van der Waals surface area contributed by atoms with Gasteiger partial charge in [0.25, 0.3) is 0 Å². The van der Waals surface area contributed by atoms with Gasteiger partial charge < -0.3 is 10.5 Å². The van der Waals surface area contributed by atoms with Gasteiger partial charge in [-0.25, -0.2) is 8.42 Å². The first-order valence-corrected chi connectivity index (χ1v) is 7.20. The van der Waals surface area contributed by atoms with Crippen molar-refractivity contribution in [3.05, 3.63) is 24.3 Å². The fraction of sp³-hybridized carbons (Fsp3) is 0.455. The van der Waals surface area contributed by atoms with E-state index >= 15 is 0 Å². The number of nitrogens with two attached hydrogens (primary N) is 1. The molecule has 0 heterocycles. The molecule has 0 aromatic heterocycles. The van der Waals surface area contributed by atoms with Gasteiger partial charge in [0.05, 0.1) is 5.75 Å². The molecule has 0 saturated carbocycles. The number of benzene rings is 1. The molecule has 0 spiro atoms. The molecule has 0 bridgehead atoms. The van der Waals surface area contributed by atoms with Crippen LogP contribution < -0.4 is 10.5 Å². The van der Waals surface area contributed by atoms with Gasteiger partial charge in [0, 0.05) is 12.7 Å². The molecule has 1 aromatic carbocycles. The highest BCUT2D eigenvalue weighted by Gasteiger charge is 2.33. The van der Waals surface area contributed by atoms with Crippen LogP contribution in [-0.4, -0.2) is 44.9 Å². The average Bonchev–Trinajstić information content (AvgIpc) is 2.29. The minimum atomic E-state index is -4.57. The summed E-state index contributed by atoms with van der Waals surface area (Å²) in [6, 6.07) is 6.22. The Morgan fingerprint density at radius 3 is 2.30 bits per heavy atom. The number of nitrogens with zero attached hydrogens (tertiary/aromatic N) is 1. The fourth-order valence-electron chi connectivity index (χ4n) is 1.34. The zero-order valence-corrected chi connectivity index (χ0v) is 11.5. The van der Waals surface area contributed by atoms with Crippen LogP contribution in [0, 0.1) is 0 Å². The van der Waals surface area contributed by atoms with E-state index in [0.29, 0.717) is 11.4 Å². The Labute approximate surface area is 115 Å². The van der Waals surface area contributed by atoms with E-state index in [4.69, 9.17) is 10.5 Å². The number of ether oxygens (including phenoxy) is 1. The molecule has 20 heavy (non-hydrogen) atoms. The summed E-state index contributed by atoms with van der Waals surface area (Å²) in [6.07, 6.45) is -4.57. The molecule has 9 heteroatoms. The lowest BCUT2D eigenvalue weighted by atomic mass is 10.3. The molecule has 0 unspecified atom stereocenters. The number of hydrogen-bond acceptors (Lipinski definition) is 4. The van der Waals surface area contributed by atoms with Crippen molar-refractivity contribution < 1.29 is 26.3 Å². The van der Waals surface area contributed by atoms with Crippen LogP contribution in [-0.2, 0) is 10.0 Å². The first-order chi connectivity index (χ1) is 9.10. The van der Waals surface area contributed by atoms with Crippen LogP contribution in [0.1, 0.15) is 0 Å². The molecule has 0 atom stereocenters. The van der Waals surface area contributed by atoms with Crippen molar-refractivity contribution in [2.75, 3.05) is 31.7 Å². The van der Waals surface area contributed by atoms with Crippen LogP contribution in [0.3, 0.4) is 0 Å². The van der Waals surface area contributed by atoms with Crippen molar-refractivity contribution in [1.29, 1.82) is 0 Å². The second-order valence-electron chi connectivity index (χ2n) is 4.10. The van der Waals surface area contributed by atoms with Crippen LogP contribution in [0.2, 0.25) is 0 Å². The zero-order valence-electron chi connectivity index (χ0n) is 10.7. The number of halogens is 3. The first kappa shape index (κ1) is 16.6. The van der Waals surface area contributed by atoms with Gasteiger partial charge in [-0.1, -0.05) is 0 Å². The van der Waals surface area contributed by atoms with E-state index in [1.54, 1.807) is 24.3 Å². The molecular formula is C11H15F3N2O3S. The van der Waals surface area contributed by atoms with E-state index in [9.17, 15) is 21.6 Å². The van der Waals surface area contributed by atoms with E-state index in [-0.39, 0.29) is 10.9 Å². The topological polar surface area (TPSA) is 72.6 Å². The highest BCUT2D eigenvalue weighted by molar-refractivity contribution is 7.89. The molecular weight excluding hydrogens is 297 g/mol. The Kier molecular flexibility index (Phi) is 5.23. The minimum Gasteiger partial charge on any atom is -0.492 e. The molecule has 0 saturated heterocycles. The summed E-state index contributed by atoms with van der Waals surface area (Å²) in [5.41, 5.74) is 5.98. The second kappa shape index (κ2) is 6.31. The Balaban J connectivity index is 2.49. The predicted molar refractivity (Wildman–Crippen MR) is 68.8 cm³/mol. The van der Waals surface area contributed by atoms with Crippen molar-refractivity contribution >= 4 is 15.7 Å². The van der Waals surface area contributed by atoms with Crippen molar-refractivity contribution in [1.82, 2.24) is 4.31 Å². The van der Waals surface area contributed by atoms with Crippen molar-refractivity contribution in [2.24, 2.45) is 0 Å². The van der Waals surface area contributed by atoms with E-state index in [0.717, 1.165) is 7.05 Å². The monoisotopic (exact) mass is 312 g/mol. The lowest BCUT2D eigenvalue weighted by Gasteiger charge is -2.18. The number of alkyl halides is 3. The maximum absolute atomic E-state index is 12.1. The van der Waals surface area contributed by atoms with Crippen LogP contribution in [0.4, 0.5) is 18.9 Å². The fourth-order valence-corrected chi connectivity index (χ4v) is 2.28. The van der Waals surface area contributed by atoms with Crippen molar-refractivity contribution in [3.8, 4) is 5.75 Å². The number of sulfonamides is 1. The summed E-state index contributed by atoms with van der Waals surface area (Å²) in [5.74, 6) is -0.142. The minimum absolute atomic E-state index is 0.242. The SMILES string of the molecule is CN(CC(F)(F)F)S(=O)(=O)CCOc1ccc(N)cc1. The standard InChI is InChI=1S/C11H15F3N2O3S/c1-16(8-11(12,13)14)20(17,18)7-6-19-10-4-2-9(15)3-5-10/h2-5H,6-8,15H2,1H3. The van der Waals surface area contributed by atoms with Gasteiger partial charge in [0.15, 0.2) is 0 Å². The Bertz CT molecular complexity index is 529. The highest BCUT2D eigenvalue weighted by atomic mass is 32.2. The van der Waals surface area contributed by atoms with Crippen LogP contribution in [0.15, 0.2) is 24.3 Å². The van der Waals surface area contributed by atoms with Crippen molar-refractivity contribution in [3.63, 3.8) is 0 Å². The summed E-state index contributed by atoms with van der Waals surface area (Å²) in [7, 11) is -3.13. The number of nitrogen functional groups attached to an aromatic ring is 1. The van der Waals surface area contributed by atoms with Gasteiger partial charge in [0.2, 0.25) is 10.0 Å². The van der Waals surface area contributed by atoms with Gasteiger partial charge in [-0.2, -0.15) is 17.5 Å². The highest BCUT2D eigenvalue weighted by Crippen LogP contribution is 2.18. The maximum atomic E-state index is 12.1. The molecule has 5 nitrogen and oxygen atoms in total. The van der Waals surface area contributed by atoms with Crippen LogP contribution in [0.5, 0.6) is 5.75 Å². The Morgan fingerprint density at radius 1 is 1.25 bits per heavy atom. The van der Waals surface area contributed by atoms with Gasteiger partial charge in [-0.05, 0) is 24.3 Å². The molecule has 1 rings (SSSR count). The summed E-state index contributed by atoms with van der Waals surface area (Å²) in [5, 5.41) is 0. The summed E-state index contributed by atoms with van der Waals surface area (Å²) < 4.78 is 64.9. The molecule has 0 radical (unpaired) electrons. The second-order valence-corrected chi connectivity index (χ2v) is 6.30. The van der Waals surface area contributed by atoms with Crippen LogP contribution in [0.25, 0.3) is 0 Å². The van der Waals surface area contributed by atoms with E-state index < -0.39 is 28.5 Å². The van der Waals surface area contributed by atoms with Gasteiger partial charge in [-0.3, -0.25) is 0 Å². The molecule has 0 aliphatic carbocycles. The van der Waals surface area contributed by atoms with Crippen molar-refractivity contribution in [2.45, 2.75) is 6.18 Å². The van der Waals surface area contributed by atoms with Crippen LogP contribution >= 0.6 is 0 Å². The van der Waals surface area contributed by atoms with E-state index in [1.807, 2.05) is 0 Å². The molecule has 0 fully saturated rings. The third kappa shape index (κ3) is 5.66. The van der Waals surface area contributed by atoms with Gasteiger partial charge in [-0.15, -0.1) is 0 Å².